The molecule has 0 bridgehead atoms. The Morgan fingerprint density at radius 1 is 1.00 bits per heavy atom. The Morgan fingerprint density at radius 3 is 2.34 bits per heavy atom. The van der Waals surface area contributed by atoms with Crippen LogP contribution in [0.2, 0.25) is 5.02 Å². The van der Waals surface area contributed by atoms with Crippen LogP contribution in [0.1, 0.15) is 15.9 Å². The van der Waals surface area contributed by atoms with Gasteiger partial charge in [-0.15, -0.1) is 0 Å². The molecule has 0 aromatic heterocycles. The average molecular weight is 511 g/mol. The Bertz CT molecular complexity index is 1220. The monoisotopic (exact) mass is 510 g/mol. The Morgan fingerprint density at radius 2 is 1.69 bits per heavy atom. The summed E-state index contributed by atoms with van der Waals surface area (Å²) in [7, 11) is 0. The lowest BCUT2D eigenvalue weighted by atomic mass is 10.2. The summed E-state index contributed by atoms with van der Waals surface area (Å²) in [6, 6.07) is 21.3. The van der Waals surface area contributed by atoms with Gasteiger partial charge in [-0.3, -0.25) is 20.2 Å². The van der Waals surface area contributed by atoms with Crippen molar-refractivity contribution in [2.24, 2.45) is 0 Å². The van der Waals surface area contributed by atoms with Crippen molar-refractivity contribution < 1.29 is 14.5 Å². The molecule has 1 saturated heterocycles. The number of nitro benzene ring substituents is 1. The maximum atomic E-state index is 12.7. The van der Waals surface area contributed by atoms with Crippen LogP contribution in [0.25, 0.3) is 0 Å². The van der Waals surface area contributed by atoms with E-state index < -0.39 is 4.92 Å². The van der Waals surface area contributed by atoms with E-state index in [1.54, 1.807) is 36.4 Å². The third-order valence-corrected chi connectivity index (χ3v) is 6.30. The number of nitro groups is 1. The number of hydrogen-bond acceptors (Lipinski definition) is 6. The van der Waals surface area contributed by atoms with Gasteiger partial charge < -0.3 is 14.5 Å². The molecule has 8 nitrogen and oxygen atoms in total. The standard InChI is InChI=1S/C25H23ClN4O4S/c26-21-7-4-8-22(30(32)33)23(21)28-13-15-29(16-14-28)25(35)27-24(31)19-9-11-20(12-10-19)34-17-18-5-2-1-3-6-18/h1-12H,13-17H2,(H,27,31,35). The molecule has 1 aliphatic heterocycles. The molecule has 1 fully saturated rings. The number of piperazine rings is 1. The minimum Gasteiger partial charge on any atom is -0.489 e. The van der Waals surface area contributed by atoms with Crippen molar-refractivity contribution in [3.05, 3.63) is 99.1 Å². The van der Waals surface area contributed by atoms with Crippen molar-refractivity contribution in [2.75, 3.05) is 31.1 Å². The lowest BCUT2D eigenvalue weighted by molar-refractivity contribution is -0.384. The predicted molar refractivity (Wildman–Crippen MR) is 139 cm³/mol. The maximum Gasteiger partial charge on any atom is 0.294 e. The fraction of sp³-hybridized carbons (Fsp3) is 0.200. The van der Waals surface area contributed by atoms with Crippen LogP contribution < -0.4 is 15.0 Å². The number of anilines is 1. The Hall–Kier alpha value is -3.69. The first-order valence-electron chi connectivity index (χ1n) is 11.0. The van der Waals surface area contributed by atoms with Gasteiger partial charge in [0.2, 0.25) is 0 Å². The van der Waals surface area contributed by atoms with Crippen molar-refractivity contribution in [1.82, 2.24) is 10.2 Å². The molecule has 35 heavy (non-hydrogen) atoms. The highest BCUT2D eigenvalue weighted by Crippen LogP contribution is 2.35. The van der Waals surface area contributed by atoms with Gasteiger partial charge in [0.15, 0.2) is 5.11 Å². The van der Waals surface area contributed by atoms with E-state index in [1.807, 2.05) is 40.1 Å². The molecule has 1 aliphatic rings. The summed E-state index contributed by atoms with van der Waals surface area (Å²) in [6.07, 6.45) is 0. The van der Waals surface area contributed by atoms with Crippen LogP contribution in [0.4, 0.5) is 11.4 Å². The highest BCUT2D eigenvalue weighted by Gasteiger charge is 2.27. The van der Waals surface area contributed by atoms with Gasteiger partial charge in [-0.1, -0.05) is 48.0 Å². The van der Waals surface area contributed by atoms with E-state index in [0.717, 1.165) is 5.56 Å². The molecule has 180 valence electrons. The number of amides is 1. The van der Waals surface area contributed by atoms with Crippen molar-refractivity contribution >= 4 is 46.2 Å². The lowest BCUT2D eigenvalue weighted by Gasteiger charge is -2.37. The average Bonchev–Trinajstić information content (AvgIpc) is 2.88. The van der Waals surface area contributed by atoms with Crippen LogP contribution in [0.15, 0.2) is 72.8 Å². The van der Waals surface area contributed by atoms with Gasteiger partial charge in [-0.25, -0.2) is 0 Å². The van der Waals surface area contributed by atoms with Crippen LogP contribution in [0.5, 0.6) is 5.75 Å². The molecule has 4 rings (SSSR count). The molecule has 0 radical (unpaired) electrons. The minimum atomic E-state index is -0.434. The van der Waals surface area contributed by atoms with Gasteiger partial charge in [-0.2, -0.15) is 0 Å². The van der Waals surface area contributed by atoms with Crippen LogP contribution in [-0.4, -0.2) is 47.0 Å². The maximum absolute atomic E-state index is 12.7. The molecule has 3 aromatic rings. The molecule has 3 aromatic carbocycles. The van der Waals surface area contributed by atoms with Gasteiger partial charge in [0, 0.05) is 37.8 Å². The molecule has 10 heteroatoms. The predicted octanol–water partition coefficient (Wildman–Crippen LogP) is 4.66. The Balaban J connectivity index is 1.30. The van der Waals surface area contributed by atoms with Crippen molar-refractivity contribution in [1.29, 1.82) is 0 Å². The number of benzene rings is 3. The topological polar surface area (TPSA) is 88.0 Å². The Labute approximate surface area is 213 Å². The number of halogens is 1. The van der Waals surface area contributed by atoms with E-state index in [4.69, 9.17) is 28.6 Å². The third-order valence-electron chi connectivity index (χ3n) is 5.63. The lowest BCUT2D eigenvalue weighted by Crippen LogP contribution is -2.52. The molecule has 0 unspecified atom stereocenters. The summed E-state index contributed by atoms with van der Waals surface area (Å²) in [4.78, 5) is 27.4. The van der Waals surface area contributed by atoms with E-state index in [9.17, 15) is 14.9 Å². The van der Waals surface area contributed by atoms with Gasteiger partial charge >= 0.3 is 0 Å². The van der Waals surface area contributed by atoms with E-state index in [-0.39, 0.29) is 11.6 Å². The first kappa shape index (κ1) is 24.4. The van der Waals surface area contributed by atoms with Crippen molar-refractivity contribution in [3.8, 4) is 5.75 Å². The van der Waals surface area contributed by atoms with E-state index in [2.05, 4.69) is 5.32 Å². The SMILES string of the molecule is O=C(NC(=S)N1CCN(c2c(Cl)cccc2[N+](=O)[O-])CC1)c1ccc(OCc2ccccc2)cc1. The number of thiocarbonyl (C=S) groups is 1. The molecule has 0 spiro atoms. The molecule has 1 N–H and O–H groups in total. The molecule has 1 amide bonds. The summed E-state index contributed by atoms with van der Waals surface area (Å²) in [5, 5.41) is 14.8. The number of ether oxygens (including phenoxy) is 1. The number of carbonyl (C=O) groups excluding carboxylic acids is 1. The van der Waals surface area contributed by atoms with Crippen molar-refractivity contribution in [2.45, 2.75) is 6.61 Å². The van der Waals surface area contributed by atoms with Crippen LogP contribution in [0.3, 0.4) is 0 Å². The van der Waals surface area contributed by atoms with Crippen LogP contribution >= 0.6 is 23.8 Å². The van der Waals surface area contributed by atoms with Crippen LogP contribution in [-0.2, 0) is 6.61 Å². The largest absolute Gasteiger partial charge is 0.489 e. The van der Waals surface area contributed by atoms with Gasteiger partial charge in [0.05, 0.1) is 9.95 Å². The van der Waals surface area contributed by atoms with E-state index in [0.29, 0.717) is 59.9 Å². The molecular formula is C25H23ClN4O4S. The number of carbonyl (C=O) groups is 1. The second-order valence-corrected chi connectivity index (χ2v) is 8.69. The summed E-state index contributed by atoms with van der Waals surface area (Å²) < 4.78 is 5.76. The first-order chi connectivity index (χ1) is 16.9. The smallest absolute Gasteiger partial charge is 0.294 e. The zero-order valence-electron chi connectivity index (χ0n) is 18.7. The summed E-state index contributed by atoms with van der Waals surface area (Å²) in [6.45, 7) is 2.39. The second kappa shape index (κ2) is 11.2. The number of rotatable bonds is 6. The highest BCUT2D eigenvalue weighted by atomic mass is 35.5. The normalized spacial score (nSPS) is 13.3. The zero-order valence-corrected chi connectivity index (χ0v) is 20.3. The fourth-order valence-electron chi connectivity index (χ4n) is 3.79. The summed E-state index contributed by atoms with van der Waals surface area (Å²) in [5.74, 6) is 0.353. The van der Waals surface area contributed by atoms with Gasteiger partial charge in [0.25, 0.3) is 11.6 Å². The van der Waals surface area contributed by atoms with Crippen LogP contribution in [0, 0.1) is 10.1 Å². The molecule has 0 saturated carbocycles. The third kappa shape index (κ3) is 6.06. The number of nitrogens with zero attached hydrogens (tertiary/aromatic N) is 3. The van der Waals surface area contributed by atoms with Gasteiger partial charge in [0.1, 0.15) is 18.0 Å². The van der Waals surface area contributed by atoms with E-state index >= 15 is 0 Å². The van der Waals surface area contributed by atoms with Gasteiger partial charge in [-0.05, 0) is 48.1 Å². The van der Waals surface area contributed by atoms with Crippen molar-refractivity contribution in [3.63, 3.8) is 0 Å². The minimum absolute atomic E-state index is 0.0296. The molecular weight excluding hydrogens is 488 g/mol. The summed E-state index contributed by atoms with van der Waals surface area (Å²) in [5.41, 5.74) is 1.90. The van der Waals surface area contributed by atoms with E-state index in [1.165, 1.54) is 6.07 Å². The Kier molecular flexibility index (Phi) is 7.79. The molecule has 0 aliphatic carbocycles. The molecule has 0 atom stereocenters. The highest BCUT2D eigenvalue weighted by molar-refractivity contribution is 7.80. The number of nitrogens with one attached hydrogen (secondary N) is 1. The zero-order chi connectivity index (χ0) is 24.8. The first-order valence-corrected chi connectivity index (χ1v) is 11.8. The fourth-order valence-corrected chi connectivity index (χ4v) is 4.35. The number of para-hydroxylation sites is 1. The quantitative estimate of drug-likeness (QED) is 0.293. The molecule has 1 heterocycles. The number of hydrogen-bond donors (Lipinski definition) is 1. The summed E-state index contributed by atoms with van der Waals surface area (Å²) >= 11 is 11.7. The second-order valence-electron chi connectivity index (χ2n) is 7.90.